The van der Waals surface area contributed by atoms with Crippen molar-refractivity contribution in [2.24, 2.45) is 0 Å². The molecule has 0 atom stereocenters. The smallest absolute Gasteiger partial charge is 0.253 e. The van der Waals surface area contributed by atoms with Crippen molar-refractivity contribution in [3.05, 3.63) is 70.6 Å². The largest absolute Gasteiger partial charge is 0.346 e. The van der Waals surface area contributed by atoms with E-state index in [1.807, 2.05) is 11.8 Å². The van der Waals surface area contributed by atoms with Crippen LogP contribution >= 0.6 is 22.9 Å². The lowest BCUT2D eigenvalue weighted by atomic mass is 10.2. The van der Waals surface area contributed by atoms with E-state index in [-0.39, 0.29) is 11.7 Å². The molecule has 1 fully saturated rings. The Labute approximate surface area is 193 Å². The molecule has 0 unspecified atom stereocenters. The Morgan fingerprint density at radius 1 is 1.03 bits per heavy atom. The molecule has 4 aromatic rings. The number of hydrogen-bond donors (Lipinski definition) is 0. The first kappa shape index (κ1) is 20.9. The number of aromatic nitrogens is 3. The Kier molecular flexibility index (Phi) is 5.57. The Morgan fingerprint density at radius 2 is 1.78 bits per heavy atom. The van der Waals surface area contributed by atoms with Gasteiger partial charge in [-0.25, -0.2) is 9.07 Å². The third-order valence-electron chi connectivity index (χ3n) is 5.59. The fourth-order valence-electron chi connectivity index (χ4n) is 3.91. The molecule has 1 aliphatic heterocycles. The molecule has 0 bridgehead atoms. The number of nitrogens with zero attached hydrogens (tertiary/aromatic N) is 5. The van der Waals surface area contributed by atoms with Gasteiger partial charge >= 0.3 is 0 Å². The number of amides is 1. The molecular weight excluding hydrogens is 449 g/mol. The van der Waals surface area contributed by atoms with Crippen molar-refractivity contribution < 1.29 is 9.18 Å². The number of halogens is 2. The SMILES string of the molecule is Cc1nn(-c2ccc(F)cc2)c2nc(N3CCCN(C(=O)c4ccc(Cl)cc4)CC3)sc12. The van der Waals surface area contributed by atoms with Gasteiger partial charge < -0.3 is 9.80 Å². The molecule has 0 radical (unpaired) electrons. The predicted molar refractivity (Wildman–Crippen MR) is 126 cm³/mol. The molecule has 2 aromatic heterocycles. The van der Waals surface area contributed by atoms with Crippen LogP contribution in [0, 0.1) is 12.7 Å². The number of aryl methyl sites for hydroxylation is 1. The van der Waals surface area contributed by atoms with Crippen LogP contribution in [0.5, 0.6) is 0 Å². The minimum atomic E-state index is -0.282. The molecular formula is C23H21ClFN5OS. The third-order valence-corrected chi connectivity index (χ3v) is 7.06. The molecule has 1 amide bonds. The molecule has 164 valence electrons. The highest BCUT2D eigenvalue weighted by Gasteiger charge is 2.24. The van der Waals surface area contributed by atoms with Crippen LogP contribution in [0.2, 0.25) is 5.02 Å². The summed E-state index contributed by atoms with van der Waals surface area (Å²) < 4.78 is 16.1. The van der Waals surface area contributed by atoms with Crippen LogP contribution in [0.4, 0.5) is 9.52 Å². The topological polar surface area (TPSA) is 54.3 Å². The summed E-state index contributed by atoms with van der Waals surface area (Å²) in [6.45, 7) is 4.81. The summed E-state index contributed by atoms with van der Waals surface area (Å²) in [5, 5.41) is 6.12. The van der Waals surface area contributed by atoms with Crippen LogP contribution in [-0.4, -0.2) is 51.8 Å². The lowest BCUT2D eigenvalue weighted by Crippen LogP contribution is -2.35. The lowest BCUT2D eigenvalue weighted by Gasteiger charge is -2.21. The van der Waals surface area contributed by atoms with E-state index in [2.05, 4.69) is 10.00 Å². The van der Waals surface area contributed by atoms with Crippen molar-refractivity contribution in [2.75, 3.05) is 31.1 Å². The molecule has 0 aliphatic carbocycles. The normalized spacial score (nSPS) is 14.7. The van der Waals surface area contributed by atoms with Crippen molar-refractivity contribution >= 4 is 44.3 Å². The number of carbonyl (C=O) groups is 1. The Morgan fingerprint density at radius 3 is 2.53 bits per heavy atom. The summed E-state index contributed by atoms with van der Waals surface area (Å²) in [6, 6.07) is 13.3. The zero-order valence-corrected chi connectivity index (χ0v) is 19.0. The predicted octanol–water partition coefficient (Wildman–Crippen LogP) is 4.94. The van der Waals surface area contributed by atoms with Crippen LogP contribution in [0.25, 0.3) is 16.0 Å². The Hall–Kier alpha value is -2.97. The summed E-state index contributed by atoms with van der Waals surface area (Å²) in [5.74, 6) is -0.259. The zero-order chi connectivity index (χ0) is 22.2. The molecule has 1 aliphatic rings. The summed E-state index contributed by atoms with van der Waals surface area (Å²) in [7, 11) is 0. The van der Waals surface area contributed by atoms with Crippen molar-refractivity contribution in [1.82, 2.24) is 19.7 Å². The number of rotatable bonds is 3. The van der Waals surface area contributed by atoms with E-state index < -0.39 is 0 Å². The number of hydrogen-bond acceptors (Lipinski definition) is 5. The second-order valence-electron chi connectivity index (χ2n) is 7.76. The standard InChI is InChI=1S/C23H21ClFN5OS/c1-15-20-21(30(27-15)19-9-7-18(25)8-10-19)26-23(32-20)29-12-2-11-28(13-14-29)22(31)16-3-5-17(24)6-4-16/h3-10H,2,11-14H2,1H3. The van der Waals surface area contributed by atoms with Gasteiger partial charge in [-0.1, -0.05) is 22.9 Å². The zero-order valence-electron chi connectivity index (χ0n) is 17.5. The van der Waals surface area contributed by atoms with Gasteiger partial charge in [0.1, 0.15) is 5.82 Å². The maximum Gasteiger partial charge on any atom is 0.253 e. The van der Waals surface area contributed by atoms with Crippen molar-refractivity contribution in [2.45, 2.75) is 13.3 Å². The monoisotopic (exact) mass is 469 g/mol. The van der Waals surface area contributed by atoms with Gasteiger partial charge in [-0.2, -0.15) is 10.1 Å². The third kappa shape index (κ3) is 3.96. The van der Waals surface area contributed by atoms with Gasteiger partial charge in [-0.15, -0.1) is 0 Å². The van der Waals surface area contributed by atoms with Gasteiger partial charge in [0, 0.05) is 36.8 Å². The first-order chi connectivity index (χ1) is 15.5. The van der Waals surface area contributed by atoms with E-state index in [0.29, 0.717) is 30.2 Å². The number of anilines is 1. The van der Waals surface area contributed by atoms with Crippen LogP contribution in [0.15, 0.2) is 48.5 Å². The van der Waals surface area contributed by atoms with E-state index in [1.54, 1.807) is 52.4 Å². The van der Waals surface area contributed by atoms with Crippen molar-refractivity contribution in [3.63, 3.8) is 0 Å². The van der Waals surface area contributed by atoms with E-state index in [9.17, 15) is 9.18 Å². The number of thiazole rings is 1. The summed E-state index contributed by atoms with van der Waals surface area (Å²) in [5.41, 5.74) is 3.09. The maximum atomic E-state index is 13.3. The van der Waals surface area contributed by atoms with Gasteiger partial charge in [-0.3, -0.25) is 4.79 Å². The van der Waals surface area contributed by atoms with Gasteiger partial charge in [0.15, 0.2) is 10.8 Å². The molecule has 5 rings (SSSR count). The first-order valence-electron chi connectivity index (χ1n) is 10.4. The average Bonchev–Trinajstić information content (AvgIpc) is 3.25. The fraction of sp³-hybridized carbons (Fsp3) is 0.261. The number of fused-ring (bicyclic) bond motifs is 1. The lowest BCUT2D eigenvalue weighted by molar-refractivity contribution is 0.0767. The minimum Gasteiger partial charge on any atom is -0.346 e. The highest BCUT2D eigenvalue weighted by Crippen LogP contribution is 2.33. The van der Waals surface area contributed by atoms with E-state index >= 15 is 0 Å². The number of benzene rings is 2. The molecule has 0 N–H and O–H groups in total. The van der Waals surface area contributed by atoms with Gasteiger partial charge in [-0.05, 0) is 61.9 Å². The van der Waals surface area contributed by atoms with Crippen molar-refractivity contribution in [3.8, 4) is 5.69 Å². The first-order valence-corrected chi connectivity index (χ1v) is 11.6. The van der Waals surface area contributed by atoms with E-state index in [1.165, 1.54) is 12.1 Å². The summed E-state index contributed by atoms with van der Waals surface area (Å²) in [6.07, 6.45) is 0.859. The molecule has 32 heavy (non-hydrogen) atoms. The fourth-order valence-corrected chi connectivity index (χ4v) is 5.07. The van der Waals surface area contributed by atoms with Crippen molar-refractivity contribution in [1.29, 1.82) is 0 Å². The number of carbonyl (C=O) groups excluding carboxylic acids is 1. The van der Waals surface area contributed by atoms with Crippen LogP contribution < -0.4 is 4.90 Å². The Balaban J connectivity index is 1.36. The van der Waals surface area contributed by atoms with Crippen LogP contribution in [0.1, 0.15) is 22.5 Å². The highest BCUT2D eigenvalue weighted by atomic mass is 35.5. The minimum absolute atomic E-state index is 0.0237. The molecule has 6 nitrogen and oxygen atoms in total. The maximum absolute atomic E-state index is 13.3. The van der Waals surface area contributed by atoms with E-state index in [0.717, 1.165) is 39.8 Å². The average molecular weight is 470 g/mol. The molecule has 3 heterocycles. The molecule has 0 saturated carbocycles. The summed E-state index contributed by atoms with van der Waals surface area (Å²) in [4.78, 5) is 21.9. The second kappa shape index (κ2) is 8.52. The molecule has 1 saturated heterocycles. The van der Waals surface area contributed by atoms with Gasteiger partial charge in [0.05, 0.1) is 16.1 Å². The van der Waals surface area contributed by atoms with Gasteiger partial charge in [0.2, 0.25) is 0 Å². The van der Waals surface area contributed by atoms with Gasteiger partial charge in [0.25, 0.3) is 5.91 Å². The summed E-state index contributed by atoms with van der Waals surface area (Å²) >= 11 is 7.55. The highest BCUT2D eigenvalue weighted by molar-refractivity contribution is 7.22. The second-order valence-corrected chi connectivity index (χ2v) is 9.18. The molecule has 9 heteroatoms. The molecule has 0 spiro atoms. The molecule has 2 aromatic carbocycles. The van der Waals surface area contributed by atoms with E-state index in [4.69, 9.17) is 16.6 Å². The quantitative estimate of drug-likeness (QED) is 0.426. The van der Waals surface area contributed by atoms with Crippen LogP contribution in [0.3, 0.4) is 0 Å². The van der Waals surface area contributed by atoms with Crippen LogP contribution in [-0.2, 0) is 0 Å². The Bertz CT molecular complexity index is 1270.